The first-order valence-corrected chi connectivity index (χ1v) is 6.81. The van der Waals surface area contributed by atoms with E-state index in [1.165, 1.54) is 12.8 Å². The molecule has 0 bridgehead atoms. The van der Waals surface area contributed by atoms with E-state index in [9.17, 15) is 9.46 Å². The second-order valence-corrected chi connectivity index (χ2v) is 6.82. The number of hydrogen-bond donors (Lipinski definition) is 1. The standard InChI is InChI=1S/C9H19O2P/c1-3-12(10,11)8(2)9-6-4-5-7-9/h8-9H,3-7H2,1-2H3,(H,10,11). The molecule has 0 radical (unpaired) electrons. The molecule has 1 aliphatic carbocycles. The normalized spacial score (nSPS) is 26.9. The molecular formula is C9H19O2P. The molecular weight excluding hydrogens is 171 g/mol. The minimum Gasteiger partial charge on any atom is -0.344 e. The molecule has 2 nitrogen and oxygen atoms in total. The van der Waals surface area contributed by atoms with Crippen molar-refractivity contribution in [3.8, 4) is 0 Å². The van der Waals surface area contributed by atoms with Gasteiger partial charge in [-0.2, -0.15) is 0 Å². The van der Waals surface area contributed by atoms with Crippen LogP contribution in [0.2, 0.25) is 0 Å². The van der Waals surface area contributed by atoms with Gasteiger partial charge in [-0.3, -0.25) is 4.57 Å². The third kappa shape index (κ3) is 2.11. The zero-order chi connectivity index (χ0) is 9.19. The van der Waals surface area contributed by atoms with E-state index in [1.54, 1.807) is 0 Å². The molecule has 72 valence electrons. The van der Waals surface area contributed by atoms with Gasteiger partial charge in [-0.1, -0.05) is 26.7 Å². The van der Waals surface area contributed by atoms with Gasteiger partial charge in [0.25, 0.3) is 0 Å². The quantitative estimate of drug-likeness (QED) is 0.695. The lowest BCUT2D eigenvalue weighted by Crippen LogP contribution is -2.15. The molecule has 0 aromatic heterocycles. The van der Waals surface area contributed by atoms with Gasteiger partial charge in [0.2, 0.25) is 7.37 Å². The van der Waals surface area contributed by atoms with Crippen LogP contribution >= 0.6 is 7.37 Å². The molecule has 0 spiro atoms. The van der Waals surface area contributed by atoms with Crippen molar-refractivity contribution in [1.29, 1.82) is 0 Å². The van der Waals surface area contributed by atoms with Gasteiger partial charge in [0.05, 0.1) is 0 Å². The summed E-state index contributed by atoms with van der Waals surface area (Å²) < 4.78 is 11.6. The molecule has 2 atom stereocenters. The Labute approximate surface area is 74.8 Å². The lowest BCUT2D eigenvalue weighted by atomic mass is 10.1. The first-order valence-electron chi connectivity index (χ1n) is 4.89. The Hall–Kier alpha value is 0.190. The van der Waals surface area contributed by atoms with Crippen molar-refractivity contribution in [3.05, 3.63) is 0 Å². The maximum absolute atomic E-state index is 11.6. The average molecular weight is 190 g/mol. The van der Waals surface area contributed by atoms with Crippen molar-refractivity contribution < 1.29 is 9.46 Å². The van der Waals surface area contributed by atoms with Crippen molar-refractivity contribution in [1.82, 2.24) is 0 Å². The fourth-order valence-electron chi connectivity index (χ4n) is 2.06. The Morgan fingerprint density at radius 2 is 2.00 bits per heavy atom. The SMILES string of the molecule is CCP(=O)(O)C(C)C1CCCC1. The molecule has 1 N–H and O–H groups in total. The molecule has 1 saturated carbocycles. The van der Waals surface area contributed by atoms with Gasteiger partial charge >= 0.3 is 0 Å². The molecule has 1 aliphatic rings. The second kappa shape index (κ2) is 3.93. The predicted molar refractivity (Wildman–Crippen MR) is 51.8 cm³/mol. The lowest BCUT2D eigenvalue weighted by Gasteiger charge is -2.23. The van der Waals surface area contributed by atoms with Gasteiger partial charge < -0.3 is 4.89 Å². The molecule has 0 saturated heterocycles. The second-order valence-electron chi connectivity index (χ2n) is 3.86. The Bertz CT molecular complexity index is 185. The number of rotatable bonds is 3. The zero-order valence-electron chi connectivity index (χ0n) is 7.99. The third-order valence-corrected chi connectivity index (χ3v) is 5.77. The molecule has 0 aliphatic heterocycles. The fourth-order valence-corrected chi connectivity index (χ4v) is 3.59. The van der Waals surface area contributed by atoms with Crippen LogP contribution in [0, 0.1) is 5.92 Å². The zero-order valence-corrected chi connectivity index (χ0v) is 8.89. The Balaban J connectivity index is 2.56. The first-order chi connectivity index (χ1) is 5.58. The molecule has 12 heavy (non-hydrogen) atoms. The van der Waals surface area contributed by atoms with Crippen LogP contribution in [0.15, 0.2) is 0 Å². The van der Waals surface area contributed by atoms with E-state index < -0.39 is 7.37 Å². The summed E-state index contributed by atoms with van der Waals surface area (Å²) in [5.41, 5.74) is 0.0324. The summed E-state index contributed by atoms with van der Waals surface area (Å²) in [6.07, 6.45) is 5.25. The molecule has 1 fully saturated rings. The molecule has 2 unspecified atom stereocenters. The van der Waals surface area contributed by atoms with Gasteiger partial charge in [0.1, 0.15) is 0 Å². The van der Waals surface area contributed by atoms with Crippen molar-refractivity contribution in [3.63, 3.8) is 0 Å². The Kier molecular flexibility index (Phi) is 3.37. The van der Waals surface area contributed by atoms with Crippen LogP contribution < -0.4 is 0 Å². The third-order valence-electron chi connectivity index (χ3n) is 3.17. The summed E-state index contributed by atoms with van der Waals surface area (Å²) in [6.45, 7) is 3.76. The van der Waals surface area contributed by atoms with Crippen molar-refractivity contribution in [2.45, 2.75) is 45.2 Å². The van der Waals surface area contributed by atoms with E-state index in [0.29, 0.717) is 12.1 Å². The van der Waals surface area contributed by atoms with E-state index in [4.69, 9.17) is 0 Å². The smallest absolute Gasteiger partial charge is 0.203 e. The van der Waals surface area contributed by atoms with Crippen LogP contribution in [0.1, 0.15) is 39.5 Å². The summed E-state index contributed by atoms with van der Waals surface area (Å²) in [7, 11) is -2.81. The molecule has 3 heteroatoms. The van der Waals surface area contributed by atoms with E-state index in [1.807, 2.05) is 13.8 Å². The summed E-state index contributed by atoms with van der Waals surface area (Å²) in [5.74, 6) is 0.515. The maximum atomic E-state index is 11.6. The highest BCUT2D eigenvalue weighted by molar-refractivity contribution is 7.58. The first kappa shape index (κ1) is 10.3. The summed E-state index contributed by atoms with van der Waals surface area (Å²) in [6, 6.07) is 0. The minimum atomic E-state index is -2.81. The topological polar surface area (TPSA) is 37.3 Å². The van der Waals surface area contributed by atoms with Gasteiger partial charge in [-0.15, -0.1) is 0 Å². The Morgan fingerprint density at radius 1 is 1.50 bits per heavy atom. The van der Waals surface area contributed by atoms with Crippen molar-refractivity contribution >= 4 is 7.37 Å². The average Bonchev–Trinajstić information content (AvgIpc) is 2.55. The largest absolute Gasteiger partial charge is 0.344 e. The van der Waals surface area contributed by atoms with Crippen LogP contribution in [-0.4, -0.2) is 16.7 Å². The molecule has 0 amide bonds. The van der Waals surface area contributed by atoms with Gasteiger partial charge in [-0.25, -0.2) is 0 Å². The van der Waals surface area contributed by atoms with Crippen molar-refractivity contribution in [2.24, 2.45) is 5.92 Å². The maximum Gasteiger partial charge on any atom is 0.203 e. The van der Waals surface area contributed by atoms with Gasteiger partial charge in [0.15, 0.2) is 0 Å². The predicted octanol–water partition coefficient (Wildman–Crippen LogP) is 2.86. The Morgan fingerprint density at radius 3 is 2.42 bits per heavy atom. The molecule has 1 rings (SSSR count). The highest BCUT2D eigenvalue weighted by Crippen LogP contribution is 2.51. The fraction of sp³-hybridized carbons (Fsp3) is 1.00. The van der Waals surface area contributed by atoms with Crippen molar-refractivity contribution in [2.75, 3.05) is 6.16 Å². The van der Waals surface area contributed by atoms with Crippen LogP contribution in [0.4, 0.5) is 0 Å². The summed E-state index contributed by atoms with van der Waals surface area (Å²) in [4.78, 5) is 9.61. The minimum absolute atomic E-state index is 0.0324. The van der Waals surface area contributed by atoms with Crippen LogP contribution in [0.5, 0.6) is 0 Å². The van der Waals surface area contributed by atoms with Gasteiger partial charge in [-0.05, 0) is 18.8 Å². The van der Waals surface area contributed by atoms with Gasteiger partial charge in [0, 0.05) is 11.8 Å². The van der Waals surface area contributed by atoms with E-state index in [2.05, 4.69) is 0 Å². The molecule has 0 aromatic carbocycles. The molecule has 0 aromatic rings. The summed E-state index contributed by atoms with van der Waals surface area (Å²) in [5, 5.41) is 0. The highest BCUT2D eigenvalue weighted by Gasteiger charge is 2.33. The van der Waals surface area contributed by atoms with E-state index in [0.717, 1.165) is 12.8 Å². The summed E-state index contributed by atoms with van der Waals surface area (Å²) >= 11 is 0. The number of hydrogen-bond acceptors (Lipinski definition) is 1. The van der Waals surface area contributed by atoms with Crippen LogP contribution in [0.3, 0.4) is 0 Å². The van der Waals surface area contributed by atoms with Crippen LogP contribution in [-0.2, 0) is 4.57 Å². The highest BCUT2D eigenvalue weighted by atomic mass is 31.2. The van der Waals surface area contributed by atoms with E-state index in [-0.39, 0.29) is 5.66 Å². The van der Waals surface area contributed by atoms with E-state index >= 15 is 0 Å². The monoisotopic (exact) mass is 190 g/mol. The lowest BCUT2D eigenvalue weighted by molar-refractivity contribution is 0.428. The van der Waals surface area contributed by atoms with Crippen LogP contribution in [0.25, 0.3) is 0 Å². The molecule has 0 heterocycles.